The first-order valence-electron chi connectivity index (χ1n) is 10.6. The molecule has 1 aromatic heterocycles. The molecule has 3 amide bonds. The standard InChI is InChI=1S/C22H25ClN4O4/c1-13(2)26(11-18-24-25-20(31-18)16-9-5-6-10-17(16)23)19(28)12-27-21(29)14-7-3-4-8-15(14)22(27)30/h5-6,9-10,13-15H,3-4,7-8,11-12H2,1-2H3. The molecule has 2 unspecified atom stereocenters. The van der Waals surface area contributed by atoms with Crippen molar-refractivity contribution in [2.75, 3.05) is 6.54 Å². The normalized spacial score (nSPS) is 21.0. The van der Waals surface area contributed by atoms with Gasteiger partial charge in [0.15, 0.2) is 0 Å². The van der Waals surface area contributed by atoms with E-state index in [1.165, 1.54) is 4.90 Å². The van der Waals surface area contributed by atoms with Crippen molar-refractivity contribution in [1.29, 1.82) is 0 Å². The molecule has 0 radical (unpaired) electrons. The van der Waals surface area contributed by atoms with Gasteiger partial charge in [-0.05, 0) is 38.8 Å². The van der Waals surface area contributed by atoms with Crippen molar-refractivity contribution in [2.45, 2.75) is 52.1 Å². The quantitative estimate of drug-likeness (QED) is 0.634. The van der Waals surface area contributed by atoms with Gasteiger partial charge in [0.2, 0.25) is 29.5 Å². The first kappa shape index (κ1) is 21.5. The van der Waals surface area contributed by atoms with Gasteiger partial charge in [0.05, 0.1) is 29.0 Å². The van der Waals surface area contributed by atoms with Crippen molar-refractivity contribution in [3.05, 3.63) is 35.2 Å². The monoisotopic (exact) mass is 444 g/mol. The average molecular weight is 445 g/mol. The fraction of sp³-hybridized carbons (Fsp3) is 0.500. The second kappa shape index (κ2) is 8.78. The van der Waals surface area contributed by atoms with Crippen LogP contribution in [0, 0.1) is 11.8 Å². The zero-order valence-corrected chi connectivity index (χ0v) is 18.3. The number of rotatable bonds is 6. The Morgan fingerprint density at radius 1 is 1.16 bits per heavy atom. The SMILES string of the molecule is CC(C)N(Cc1nnc(-c2ccccc2Cl)o1)C(=O)CN1C(=O)C2CCCCC2C1=O. The van der Waals surface area contributed by atoms with Gasteiger partial charge < -0.3 is 9.32 Å². The lowest BCUT2D eigenvalue weighted by atomic mass is 9.81. The largest absolute Gasteiger partial charge is 0.419 e. The van der Waals surface area contributed by atoms with E-state index in [9.17, 15) is 14.4 Å². The third kappa shape index (κ3) is 4.21. The Bertz CT molecular complexity index is 981. The summed E-state index contributed by atoms with van der Waals surface area (Å²) in [6, 6.07) is 6.94. The van der Waals surface area contributed by atoms with E-state index < -0.39 is 0 Å². The highest BCUT2D eigenvalue weighted by Crippen LogP contribution is 2.38. The van der Waals surface area contributed by atoms with E-state index in [0.29, 0.717) is 10.6 Å². The second-order valence-corrected chi connectivity index (χ2v) is 8.76. The molecule has 1 aliphatic carbocycles. The summed E-state index contributed by atoms with van der Waals surface area (Å²) in [7, 11) is 0. The number of amides is 3. The number of carbonyl (C=O) groups excluding carboxylic acids is 3. The number of fused-ring (bicyclic) bond motifs is 1. The van der Waals surface area contributed by atoms with E-state index in [-0.39, 0.29) is 60.5 Å². The van der Waals surface area contributed by atoms with E-state index >= 15 is 0 Å². The number of likely N-dealkylation sites (tertiary alicyclic amines) is 1. The van der Waals surface area contributed by atoms with Crippen molar-refractivity contribution in [2.24, 2.45) is 11.8 Å². The Morgan fingerprint density at radius 2 is 1.81 bits per heavy atom. The predicted octanol–water partition coefficient (Wildman–Crippen LogP) is 3.30. The molecule has 0 spiro atoms. The summed E-state index contributed by atoms with van der Waals surface area (Å²) in [5, 5.41) is 8.57. The first-order valence-corrected chi connectivity index (χ1v) is 11.0. The number of imide groups is 1. The number of aromatic nitrogens is 2. The Balaban J connectivity index is 1.47. The molecule has 1 aliphatic heterocycles. The molecule has 1 saturated carbocycles. The van der Waals surface area contributed by atoms with Gasteiger partial charge in [0.1, 0.15) is 6.54 Å². The molecule has 9 heteroatoms. The Hall–Kier alpha value is -2.74. The van der Waals surface area contributed by atoms with Gasteiger partial charge in [-0.2, -0.15) is 0 Å². The van der Waals surface area contributed by atoms with Crippen LogP contribution in [0.15, 0.2) is 28.7 Å². The zero-order chi connectivity index (χ0) is 22.1. The van der Waals surface area contributed by atoms with Crippen LogP contribution in [0.25, 0.3) is 11.5 Å². The minimum Gasteiger partial charge on any atom is -0.419 e. The molecule has 31 heavy (non-hydrogen) atoms. The van der Waals surface area contributed by atoms with Gasteiger partial charge in [0.25, 0.3) is 0 Å². The van der Waals surface area contributed by atoms with Crippen molar-refractivity contribution in [3.63, 3.8) is 0 Å². The summed E-state index contributed by atoms with van der Waals surface area (Å²) in [5.74, 6) is -0.772. The number of halogens is 1. The lowest BCUT2D eigenvalue weighted by molar-refractivity contribution is -0.147. The van der Waals surface area contributed by atoms with E-state index in [1.54, 1.807) is 18.2 Å². The van der Waals surface area contributed by atoms with Crippen LogP contribution in [0.3, 0.4) is 0 Å². The van der Waals surface area contributed by atoms with Gasteiger partial charge in [-0.1, -0.05) is 36.6 Å². The second-order valence-electron chi connectivity index (χ2n) is 8.36. The maximum atomic E-state index is 13.0. The van der Waals surface area contributed by atoms with Crippen molar-refractivity contribution >= 4 is 29.3 Å². The first-order chi connectivity index (χ1) is 14.9. The summed E-state index contributed by atoms with van der Waals surface area (Å²) in [6.45, 7) is 3.54. The molecule has 4 rings (SSSR count). The minimum atomic E-state index is -0.326. The number of carbonyl (C=O) groups is 3. The van der Waals surface area contributed by atoms with Crippen LogP contribution in [0.5, 0.6) is 0 Å². The zero-order valence-electron chi connectivity index (χ0n) is 17.6. The lowest BCUT2D eigenvalue weighted by Gasteiger charge is -2.27. The lowest BCUT2D eigenvalue weighted by Crippen LogP contribution is -2.45. The molecule has 164 valence electrons. The highest BCUT2D eigenvalue weighted by atomic mass is 35.5. The van der Waals surface area contributed by atoms with Gasteiger partial charge in [0, 0.05) is 6.04 Å². The van der Waals surface area contributed by atoms with Crippen LogP contribution in [-0.2, 0) is 20.9 Å². The Morgan fingerprint density at radius 3 is 2.42 bits per heavy atom. The summed E-state index contributed by atoms with van der Waals surface area (Å²) in [5.41, 5.74) is 0.612. The Labute approximate surface area is 185 Å². The van der Waals surface area contributed by atoms with Crippen LogP contribution in [0.4, 0.5) is 0 Å². The summed E-state index contributed by atoms with van der Waals surface area (Å²) >= 11 is 6.19. The van der Waals surface area contributed by atoms with Crippen LogP contribution in [-0.4, -0.2) is 50.3 Å². The van der Waals surface area contributed by atoms with E-state index in [0.717, 1.165) is 30.6 Å². The van der Waals surface area contributed by atoms with Gasteiger partial charge in [-0.3, -0.25) is 19.3 Å². The number of hydrogen-bond acceptors (Lipinski definition) is 6. The summed E-state index contributed by atoms with van der Waals surface area (Å²) in [4.78, 5) is 41.1. The number of nitrogens with zero attached hydrogens (tertiary/aromatic N) is 4. The van der Waals surface area contributed by atoms with Crippen molar-refractivity contribution < 1.29 is 18.8 Å². The minimum absolute atomic E-state index is 0.0804. The van der Waals surface area contributed by atoms with E-state index in [4.69, 9.17) is 16.0 Å². The highest BCUT2D eigenvalue weighted by Gasteiger charge is 2.48. The van der Waals surface area contributed by atoms with Crippen LogP contribution in [0.2, 0.25) is 5.02 Å². The molecular formula is C22H25ClN4O4. The highest BCUT2D eigenvalue weighted by molar-refractivity contribution is 6.33. The van der Waals surface area contributed by atoms with Gasteiger partial charge in [-0.25, -0.2) is 0 Å². The number of hydrogen-bond donors (Lipinski definition) is 0. The molecular weight excluding hydrogens is 420 g/mol. The Kier molecular flexibility index (Phi) is 6.09. The summed E-state index contributed by atoms with van der Waals surface area (Å²) < 4.78 is 5.72. The fourth-order valence-electron chi connectivity index (χ4n) is 4.38. The number of benzene rings is 1. The molecule has 1 aromatic carbocycles. The maximum Gasteiger partial charge on any atom is 0.249 e. The third-order valence-corrected chi connectivity index (χ3v) is 6.38. The molecule has 0 N–H and O–H groups in total. The molecule has 2 aromatic rings. The smallest absolute Gasteiger partial charge is 0.249 e. The average Bonchev–Trinajstić information content (AvgIpc) is 3.31. The van der Waals surface area contributed by atoms with E-state index in [2.05, 4.69) is 10.2 Å². The predicted molar refractivity (Wildman–Crippen MR) is 113 cm³/mol. The molecule has 2 fully saturated rings. The van der Waals surface area contributed by atoms with Crippen LogP contribution >= 0.6 is 11.6 Å². The van der Waals surface area contributed by atoms with Gasteiger partial charge >= 0.3 is 0 Å². The molecule has 2 atom stereocenters. The fourth-order valence-corrected chi connectivity index (χ4v) is 4.59. The topological polar surface area (TPSA) is 96.6 Å². The van der Waals surface area contributed by atoms with Crippen molar-refractivity contribution in [3.8, 4) is 11.5 Å². The molecule has 2 aliphatic rings. The van der Waals surface area contributed by atoms with E-state index in [1.807, 2.05) is 19.9 Å². The molecule has 1 saturated heterocycles. The third-order valence-electron chi connectivity index (χ3n) is 6.05. The summed E-state index contributed by atoms with van der Waals surface area (Å²) in [6.07, 6.45) is 3.34. The van der Waals surface area contributed by atoms with Crippen LogP contribution in [0.1, 0.15) is 45.4 Å². The maximum absolute atomic E-state index is 13.0. The molecule has 2 heterocycles. The molecule has 0 bridgehead atoms. The van der Waals surface area contributed by atoms with Crippen molar-refractivity contribution in [1.82, 2.24) is 20.0 Å². The molecule has 8 nitrogen and oxygen atoms in total. The van der Waals surface area contributed by atoms with Gasteiger partial charge in [-0.15, -0.1) is 10.2 Å². The van der Waals surface area contributed by atoms with Crippen LogP contribution < -0.4 is 0 Å².